The summed E-state index contributed by atoms with van der Waals surface area (Å²) < 4.78 is 5.49. The minimum atomic E-state index is 0.0842. The van der Waals surface area contributed by atoms with Crippen molar-refractivity contribution in [1.82, 2.24) is 9.97 Å². The SMILES string of the molecule is CCOc1ccc(Nc2nc(Nc3ccccc3)nc3c2C(=O)CCC3)cc1. The van der Waals surface area contributed by atoms with Gasteiger partial charge in [-0.2, -0.15) is 4.98 Å². The maximum atomic E-state index is 12.5. The Kier molecular flexibility index (Phi) is 5.19. The fourth-order valence-electron chi connectivity index (χ4n) is 3.26. The molecule has 0 saturated carbocycles. The first-order valence-corrected chi connectivity index (χ1v) is 9.49. The van der Waals surface area contributed by atoms with Gasteiger partial charge < -0.3 is 15.4 Å². The number of hydrogen-bond donors (Lipinski definition) is 2. The van der Waals surface area contributed by atoms with E-state index in [2.05, 4.69) is 20.6 Å². The second-order valence-corrected chi connectivity index (χ2v) is 6.57. The number of Topliss-reactive ketones (excluding diaryl/α,β-unsaturated/α-hetero) is 1. The number of benzene rings is 2. The van der Waals surface area contributed by atoms with E-state index in [4.69, 9.17) is 4.74 Å². The van der Waals surface area contributed by atoms with E-state index in [0.717, 1.165) is 35.7 Å². The van der Waals surface area contributed by atoms with Crippen LogP contribution in [0, 0.1) is 0 Å². The Morgan fingerprint density at radius 2 is 1.68 bits per heavy atom. The number of aromatic nitrogens is 2. The van der Waals surface area contributed by atoms with Crippen LogP contribution in [0.3, 0.4) is 0 Å². The Labute approximate surface area is 164 Å². The van der Waals surface area contributed by atoms with E-state index in [1.807, 2.05) is 61.5 Å². The predicted octanol–water partition coefficient (Wildman–Crippen LogP) is 4.88. The van der Waals surface area contributed by atoms with E-state index in [1.165, 1.54) is 0 Å². The molecule has 3 aromatic rings. The maximum absolute atomic E-state index is 12.5. The fraction of sp³-hybridized carbons (Fsp3) is 0.227. The van der Waals surface area contributed by atoms with Gasteiger partial charge in [0.15, 0.2) is 5.78 Å². The van der Waals surface area contributed by atoms with Crippen molar-refractivity contribution in [2.75, 3.05) is 17.2 Å². The van der Waals surface area contributed by atoms with Crippen molar-refractivity contribution in [2.45, 2.75) is 26.2 Å². The summed E-state index contributed by atoms with van der Waals surface area (Å²) in [5, 5.41) is 6.52. The van der Waals surface area contributed by atoms with Crippen LogP contribution in [-0.4, -0.2) is 22.4 Å². The van der Waals surface area contributed by atoms with Crippen LogP contribution in [0.25, 0.3) is 0 Å². The highest BCUT2D eigenvalue weighted by Crippen LogP contribution is 2.30. The standard InChI is InChI=1S/C22H22N4O2/c1-2-28-17-13-11-16(12-14-17)23-21-20-18(9-6-10-19(20)27)25-22(26-21)24-15-7-4-3-5-8-15/h3-5,7-8,11-14H,2,6,9-10H2,1H3,(H2,23,24,25,26). The van der Waals surface area contributed by atoms with Gasteiger partial charge in [-0.05, 0) is 56.2 Å². The molecule has 1 aliphatic rings. The highest BCUT2D eigenvalue weighted by atomic mass is 16.5. The van der Waals surface area contributed by atoms with Gasteiger partial charge in [0.25, 0.3) is 0 Å². The Hall–Kier alpha value is -3.41. The van der Waals surface area contributed by atoms with Crippen LogP contribution in [0.1, 0.15) is 35.8 Å². The molecule has 0 fully saturated rings. The van der Waals surface area contributed by atoms with Crippen LogP contribution in [-0.2, 0) is 6.42 Å². The van der Waals surface area contributed by atoms with Crippen LogP contribution in [0.5, 0.6) is 5.75 Å². The number of hydrogen-bond acceptors (Lipinski definition) is 6. The molecule has 1 heterocycles. The van der Waals surface area contributed by atoms with E-state index in [9.17, 15) is 4.79 Å². The number of ketones is 1. The Morgan fingerprint density at radius 3 is 2.43 bits per heavy atom. The topological polar surface area (TPSA) is 76.1 Å². The van der Waals surface area contributed by atoms with Crippen LogP contribution in [0.2, 0.25) is 0 Å². The number of nitrogens with zero attached hydrogens (tertiary/aromatic N) is 2. The zero-order valence-corrected chi connectivity index (χ0v) is 15.7. The van der Waals surface area contributed by atoms with Gasteiger partial charge in [-0.15, -0.1) is 0 Å². The van der Waals surface area contributed by atoms with Crippen molar-refractivity contribution in [3.8, 4) is 5.75 Å². The molecule has 0 saturated heterocycles. The van der Waals surface area contributed by atoms with Crippen molar-refractivity contribution >= 4 is 28.9 Å². The molecule has 0 unspecified atom stereocenters. The third-order valence-corrected chi connectivity index (χ3v) is 4.54. The molecular weight excluding hydrogens is 352 g/mol. The summed E-state index contributed by atoms with van der Waals surface area (Å²) in [7, 11) is 0. The summed E-state index contributed by atoms with van der Waals surface area (Å²) in [6, 6.07) is 17.4. The first kappa shape index (κ1) is 18.0. The number of carbonyl (C=O) groups is 1. The molecule has 1 aromatic heterocycles. The van der Waals surface area contributed by atoms with Gasteiger partial charge in [-0.3, -0.25) is 4.79 Å². The summed E-state index contributed by atoms with van der Waals surface area (Å²) in [6.07, 6.45) is 2.11. The van der Waals surface area contributed by atoms with Crippen molar-refractivity contribution in [3.63, 3.8) is 0 Å². The van der Waals surface area contributed by atoms with Gasteiger partial charge >= 0.3 is 0 Å². The first-order chi connectivity index (χ1) is 13.7. The van der Waals surface area contributed by atoms with E-state index in [-0.39, 0.29) is 5.78 Å². The predicted molar refractivity (Wildman–Crippen MR) is 110 cm³/mol. The monoisotopic (exact) mass is 374 g/mol. The van der Waals surface area contributed by atoms with Crippen LogP contribution >= 0.6 is 0 Å². The van der Waals surface area contributed by atoms with Gasteiger partial charge in [0, 0.05) is 17.8 Å². The molecule has 0 spiro atoms. The van der Waals surface area contributed by atoms with Crippen molar-refractivity contribution in [3.05, 3.63) is 65.9 Å². The van der Waals surface area contributed by atoms with Gasteiger partial charge in [0.1, 0.15) is 11.6 Å². The molecule has 2 aromatic carbocycles. The molecule has 1 aliphatic carbocycles. The highest BCUT2D eigenvalue weighted by molar-refractivity contribution is 6.03. The van der Waals surface area contributed by atoms with E-state index in [1.54, 1.807) is 0 Å². The van der Waals surface area contributed by atoms with Crippen LogP contribution in [0.4, 0.5) is 23.1 Å². The number of para-hydroxylation sites is 1. The number of anilines is 4. The van der Waals surface area contributed by atoms with Crippen molar-refractivity contribution in [1.29, 1.82) is 0 Å². The number of rotatable bonds is 6. The summed E-state index contributed by atoms with van der Waals surface area (Å²) in [4.78, 5) is 21.7. The number of aryl methyl sites for hydroxylation is 1. The van der Waals surface area contributed by atoms with E-state index >= 15 is 0 Å². The molecule has 0 amide bonds. The average molecular weight is 374 g/mol. The lowest BCUT2D eigenvalue weighted by molar-refractivity contribution is 0.0972. The fourth-order valence-corrected chi connectivity index (χ4v) is 3.26. The molecule has 6 heteroatoms. The molecule has 0 bridgehead atoms. The first-order valence-electron chi connectivity index (χ1n) is 9.49. The van der Waals surface area contributed by atoms with E-state index in [0.29, 0.717) is 30.4 Å². The normalized spacial score (nSPS) is 13.0. The molecule has 142 valence electrons. The highest BCUT2D eigenvalue weighted by Gasteiger charge is 2.24. The van der Waals surface area contributed by atoms with Crippen molar-refractivity contribution < 1.29 is 9.53 Å². The molecular formula is C22H22N4O2. The molecule has 28 heavy (non-hydrogen) atoms. The van der Waals surface area contributed by atoms with Gasteiger partial charge in [0.05, 0.1) is 17.9 Å². The zero-order chi connectivity index (χ0) is 19.3. The lowest BCUT2D eigenvalue weighted by Gasteiger charge is -2.19. The minimum absolute atomic E-state index is 0.0842. The summed E-state index contributed by atoms with van der Waals surface area (Å²) >= 11 is 0. The lowest BCUT2D eigenvalue weighted by Crippen LogP contribution is -2.17. The van der Waals surface area contributed by atoms with Gasteiger partial charge in [-0.1, -0.05) is 18.2 Å². The summed E-state index contributed by atoms with van der Waals surface area (Å²) in [5.41, 5.74) is 3.13. The Balaban J connectivity index is 1.67. The molecule has 4 rings (SSSR count). The molecule has 6 nitrogen and oxygen atoms in total. The number of ether oxygens (including phenoxy) is 1. The zero-order valence-electron chi connectivity index (χ0n) is 15.7. The average Bonchev–Trinajstić information content (AvgIpc) is 2.70. The quantitative estimate of drug-likeness (QED) is 0.640. The summed E-state index contributed by atoms with van der Waals surface area (Å²) in [5.74, 6) is 1.91. The van der Waals surface area contributed by atoms with Crippen molar-refractivity contribution in [2.24, 2.45) is 0 Å². The lowest BCUT2D eigenvalue weighted by atomic mass is 9.95. The molecule has 2 N–H and O–H groups in total. The molecule has 0 atom stereocenters. The number of nitrogens with one attached hydrogen (secondary N) is 2. The maximum Gasteiger partial charge on any atom is 0.229 e. The number of fused-ring (bicyclic) bond motifs is 1. The van der Waals surface area contributed by atoms with Gasteiger partial charge in [0.2, 0.25) is 5.95 Å². The van der Waals surface area contributed by atoms with Gasteiger partial charge in [-0.25, -0.2) is 4.98 Å². The Morgan fingerprint density at radius 1 is 0.929 bits per heavy atom. The second kappa shape index (κ2) is 8.08. The van der Waals surface area contributed by atoms with Crippen LogP contribution < -0.4 is 15.4 Å². The minimum Gasteiger partial charge on any atom is -0.494 e. The second-order valence-electron chi connectivity index (χ2n) is 6.57. The molecule has 0 aliphatic heterocycles. The third-order valence-electron chi connectivity index (χ3n) is 4.54. The number of carbonyl (C=O) groups excluding carboxylic acids is 1. The van der Waals surface area contributed by atoms with E-state index < -0.39 is 0 Å². The third kappa shape index (κ3) is 3.96. The smallest absolute Gasteiger partial charge is 0.229 e. The summed E-state index contributed by atoms with van der Waals surface area (Å²) in [6.45, 7) is 2.57. The van der Waals surface area contributed by atoms with Crippen LogP contribution in [0.15, 0.2) is 54.6 Å². The molecule has 0 radical (unpaired) electrons. The Bertz CT molecular complexity index is 972. The largest absolute Gasteiger partial charge is 0.494 e.